The Hall–Kier alpha value is -3.70. The van der Waals surface area contributed by atoms with Gasteiger partial charge in [0.2, 0.25) is 23.5 Å². The van der Waals surface area contributed by atoms with Crippen LogP contribution in [0.2, 0.25) is 0 Å². The lowest BCUT2D eigenvalue weighted by Gasteiger charge is -2.38. The van der Waals surface area contributed by atoms with E-state index in [2.05, 4.69) is 27.8 Å². The molecule has 0 saturated carbocycles. The van der Waals surface area contributed by atoms with Crippen molar-refractivity contribution in [3.63, 3.8) is 0 Å². The number of urea groups is 1. The molecule has 4 N–H and O–H groups in total. The van der Waals surface area contributed by atoms with Crippen LogP contribution in [-0.4, -0.2) is 89.0 Å². The number of likely N-dealkylation sites (tertiary alicyclic amines) is 1. The topological polar surface area (TPSA) is 157 Å². The highest BCUT2D eigenvalue weighted by molar-refractivity contribution is 6.38. The molecular formula is C33H54N6O6. The molecule has 252 valence electrons. The van der Waals surface area contributed by atoms with Crippen molar-refractivity contribution in [1.29, 1.82) is 0 Å². The van der Waals surface area contributed by atoms with Crippen LogP contribution in [0, 0.1) is 10.8 Å². The molecule has 2 heterocycles. The van der Waals surface area contributed by atoms with Gasteiger partial charge in [0.25, 0.3) is 5.91 Å². The smallest absolute Gasteiger partial charge is 0.315 e. The summed E-state index contributed by atoms with van der Waals surface area (Å²) in [6, 6.07) is -3.79. The second kappa shape index (κ2) is 16.6. The summed E-state index contributed by atoms with van der Waals surface area (Å²) in [7, 11) is 0. The number of nitrogens with one attached hydrogen (secondary N) is 4. The van der Waals surface area contributed by atoms with E-state index in [9.17, 15) is 28.8 Å². The standard InChI is InChI=1S/C33H54N6O6/c1-9-11-15-22(26(41)29(43)34-18-10-2)35-28(42)23-16-14-20-39(23)30(44)27(33(6,7)8)37-31(45)36-24(32(3,4)5)21-38-19-13-12-17-25(38)40/h10,13,19,22-24,27H,2,9,11-12,14-18,20-21H2,1,3-8H3,(H,34,43)(H,35,42)(H2,36,37,45)/t22?,23-,24?,27+/m0/s1. The lowest BCUT2D eigenvalue weighted by molar-refractivity contribution is -0.143. The van der Waals surface area contributed by atoms with Crippen molar-refractivity contribution >= 4 is 35.4 Å². The van der Waals surface area contributed by atoms with Gasteiger partial charge in [-0.15, -0.1) is 6.58 Å². The molecule has 0 aromatic rings. The van der Waals surface area contributed by atoms with Crippen molar-refractivity contribution in [2.75, 3.05) is 19.6 Å². The molecule has 2 aliphatic rings. The fraction of sp³-hybridized carbons (Fsp3) is 0.697. The van der Waals surface area contributed by atoms with E-state index in [0.717, 1.165) is 6.42 Å². The molecule has 2 unspecified atom stereocenters. The van der Waals surface area contributed by atoms with Gasteiger partial charge in [-0.2, -0.15) is 0 Å². The van der Waals surface area contributed by atoms with Crippen LogP contribution >= 0.6 is 0 Å². The Kier molecular flexibility index (Phi) is 13.8. The van der Waals surface area contributed by atoms with Crippen LogP contribution in [0.4, 0.5) is 4.79 Å². The number of allylic oxidation sites excluding steroid dienone is 1. The van der Waals surface area contributed by atoms with E-state index in [-0.39, 0.29) is 19.0 Å². The summed E-state index contributed by atoms with van der Waals surface area (Å²) in [5.41, 5.74) is -1.10. The number of rotatable bonds is 14. The third-order valence-corrected chi connectivity index (χ3v) is 8.20. The molecule has 0 aromatic carbocycles. The Morgan fingerprint density at radius 1 is 1.04 bits per heavy atom. The molecular weight excluding hydrogens is 576 g/mol. The van der Waals surface area contributed by atoms with Crippen molar-refractivity contribution in [1.82, 2.24) is 31.1 Å². The van der Waals surface area contributed by atoms with Crippen LogP contribution in [0.3, 0.4) is 0 Å². The Bertz CT molecular complexity index is 1140. The van der Waals surface area contributed by atoms with E-state index in [1.807, 2.05) is 54.5 Å². The third-order valence-electron chi connectivity index (χ3n) is 8.20. The summed E-state index contributed by atoms with van der Waals surface area (Å²) in [5, 5.41) is 11.0. The normalized spacial score (nSPS) is 18.9. The van der Waals surface area contributed by atoms with E-state index < -0.39 is 64.5 Å². The summed E-state index contributed by atoms with van der Waals surface area (Å²) >= 11 is 0. The van der Waals surface area contributed by atoms with Gasteiger partial charge in [0.1, 0.15) is 12.1 Å². The Labute approximate surface area is 268 Å². The number of hydrogen-bond acceptors (Lipinski definition) is 6. The van der Waals surface area contributed by atoms with Crippen molar-refractivity contribution < 1.29 is 28.8 Å². The molecule has 2 aliphatic heterocycles. The molecule has 1 saturated heterocycles. The number of amides is 6. The number of ketones is 1. The highest BCUT2D eigenvalue weighted by Gasteiger charge is 2.43. The number of hydrogen-bond donors (Lipinski definition) is 4. The average Bonchev–Trinajstić information content (AvgIpc) is 3.46. The number of carbonyl (C=O) groups is 6. The fourth-order valence-electron chi connectivity index (χ4n) is 5.33. The van der Waals surface area contributed by atoms with E-state index in [0.29, 0.717) is 45.1 Å². The molecule has 12 nitrogen and oxygen atoms in total. The largest absolute Gasteiger partial charge is 0.346 e. The molecule has 0 spiro atoms. The van der Waals surface area contributed by atoms with E-state index in [1.54, 1.807) is 11.1 Å². The molecule has 6 amide bonds. The van der Waals surface area contributed by atoms with E-state index in [1.165, 1.54) is 11.0 Å². The first-order valence-corrected chi connectivity index (χ1v) is 16.1. The minimum absolute atomic E-state index is 0.00826. The van der Waals surface area contributed by atoms with Gasteiger partial charge in [-0.3, -0.25) is 24.0 Å². The molecule has 0 bridgehead atoms. The average molecular weight is 631 g/mol. The molecule has 0 radical (unpaired) electrons. The van der Waals surface area contributed by atoms with Gasteiger partial charge in [0.15, 0.2) is 0 Å². The zero-order valence-electron chi connectivity index (χ0n) is 28.2. The van der Waals surface area contributed by atoms with Crippen molar-refractivity contribution in [3.05, 3.63) is 24.9 Å². The highest BCUT2D eigenvalue weighted by Crippen LogP contribution is 2.27. The van der Waals surface area contributed by atoms with Gasteiger partial charge in [-0.05, 0) is 36.5 Å². The molecule has 12 heteroatoms. The van der Waals surface area contributed by atoms with Crippen LogP contribution in [0.25, 0.3) is 0 Å². The maximum Gasteiger partial charge on any atom is 0.315 e. The second-order valence-corrected chi connectivity index (χ2v) is 14.1. The van der Waals surface area contributed by atoms with Crippen LogP contribution < -0.4 is 21.3 Å². The van der Waals surface area contributed by atoms with E-state index in [4.69, 9.17) is 0 Å². The Balaban J connectivity index is 2.19. The summed E-state index contributed by atoms with van der Waals surface area (Å²) in [5.74, 6) is -2.46. The number of unbranched alkanes of at least 4 members (excludes halogenated alkanes) is 1. The second-order valence-electron chi connectivity index (χ2n) is 14.1. The Morgan fingerprint density at radius 3 is 2.31 bits per heavy atom. The lowest BCUT2D eigenvalue weighted by atomic mass is 9.85. The summed E-state index contributed by atoms with van der Waals surface area (Å²) in [4.78, 5) is 81.6. The quantitative estimate of drug-likeness (QED) is 0.171. The van der Waals surface area contributed by atoms with Gasteiger partial charge >= 0.3 is 6.03 Å². The van der Waals surface area contributed by atoms with E-state index >= 15 is 0 Å². The molecule has 4 atom stereocenters. The van der Waals surface area contributed by atoms with Crippen LogP contribution in [-0.2, 0) is 24.0 Å². The van der Waals surface area contributed by atoms with Gasteiger partial charge < -0.3 is 31.1 Å². The Morgan fingerprint density at radius 2 is 1.73 bits per heavy atom. The maximum absolute atomic E-state index is 14.0. The van der Waals surface area contributed by atoms with Crippen molar-refractivity contribution in [2.45, 2.75) is 118 Å². The van der Waals surface area contributed by atoms with Gasteiger partial charge in [0, 0.05) is 32.3 Å². The highest BCUT2D eigenvalue weighted by atomic mass is 16.2. The van der Waals surface area contributed by atoms with Crippen LogP contribution in [0.1, 0.15) is 93.4 Å². The predicted octanol–water partition coefficient (Wildman–Crippen LogP) is 2.79. The minimum Gasteiger partial charge on any atom is -0.346 e. The monoisotopic (exact) mass is 630 g/mol. The van der Waals surface area contributed by atoms with Crippen LogP contribution in [0.5, 0.6) is 0 Å². The SMILES string of the molecule is C=CCNC(=O)C(=O)C(CCCC)NC(=O)[C@@H]1CCCN1C(=O)[C@@H](NC(=O)NC(CN1C=CCCC1=O)C(C)(C)C)C(C)(C)C. The summed E-state index contributed by atoms with van der Waals surface area (Å²) in [6.07, 6.45) is 8.90. The van der Waals surface area contributed by atoms with Gasteiger partial charge in [0.05, 0.1) is 12.1 Å². The fourth-order valence-corrected chi connectivity index (χ4v) is 5.33. The first kappa shape index (κ1) is 37.5. The first-order valence-electron chi connectivity index (χ1n) is 16.1. The van der Waals surface area contributed by atoms with Crippen LogP contribution in [0.15, 0.2) is 24.9 Å². The first-order chi connectivity index (χ1) is 21.0. The lowest BCUT2D eigenvalue weighted by Crippen LogP contribution is -2.61. The summed E-state index contributed by atoms with van der Waals surface area (Å²) < 4.78 is 0. The summed E-state index contributed by atoms with van der Waals surface area (Å²) in [6.45, 7) is 17.6. The van der Waals surface area contributed by atoms with Crippen molar-refractivity contribution in [2.24, 2.45) is 10.8 Å². The molecule has 0 aromatic heterocycles. The number of carbonyl (C=O) groups excluding carboxylic acids is 6. The zero-order valence-corrected chi connectivity index (χ0v) is 28.2. The predicted molar refractivity (Wildman–Crippen MR) is 173 cm³/mol. The molecule has 0 aliphatic carbocycles. The maximum atomic E-state index is 14.0. The minimum atomic E-state index is -1.02. The molecule has 1 fully saturated rings. The number of Topliss-reactive ketones (excluding diaryl/α,β-unsaturated/α-hetero) is 1. The van der Waals surface area contributed by atoms with Gasteiger partial charge in [-0.25, -0.2) is 4.79 Å². The zero-order chi connectivity index (χ0) is 33.9. The van der Waals surface area contributed by atoms with Crippen molar-refractivity contribution in [3.8, 4) is 0 Å². The molecule has 45 heavy (non-hydrogen) atoms. The number of nitrogens with zero attached hydrogens (tertiary/aromatic N) is 2. The van der Waals surface area contributed by atoms with Gasteiger partial charge in [-0.1, -0.05) is 73.5 Å². The third kappa shape index (κ3) is 11.0. The molecule has 2 rings (SSSR count).